The maximum atomic E-state index is 12.6. The van der Waals surface area contributed by atoms with Crippen LogP contribution in [-0.4, -0.2) is 24.5 Å². The number of hydrogen-bond acceptors (Lipinski definition) is 4. The summed E-state index contributed by atoms with van der Waals surface area (Å²) in [6.45, 7) is 3.86. The largest absolute Gasteiger partial charge is 0.286 e. The molecule has 5 nitrogen and oxygen atoms in total. The lowest BCUT2D eigenvalue weighted by Crippen LogP contribution is -2.32. The van der Waals surface area contributed by atoms with E-state index in [1.807, 2.05) is 0 Å². The first-order chi connectivity index (χ1) is 11.4. The Hall–Kier alpha value is -1.40. The molecule has 1 aromatic carbocycles. The Bertz CT molecular complexity index is 714. The third-order valence-corrected chi connectivity index (χ3v) is 6.01. The molecule has 24 heavy (non-hydrogen) atoms. The van der Waals surface area contributed by atoms with Crippen LogP contribution in [-0.2, 0) is 14.8 Å². The summed E-state index contributed by atoms with van der Waals surface area (Å²) >= 11 is 5.79. The van der Waals surface area contributed by atoms with Crippen molar-refractivity contribution in [2.45, 2.75) is 57.3 Å². The molecular formula is C17H23ClN2O3S. The minimum absolute atomic E-state index is 0.0143. The van der Waals surface area contributed by atoms with Crippen molar-refractivity contribution in [3.63, 3.8) is 0 Å². The number of benzene rings is 1. The minimum Gasteiger partial charge on any atom is -0.271 e. The smallest absolute Gasteiger partial charge is 0.271 e. The van der Waals surface area contributed by atoms with Crippen LogP contribution in [0.15, 0.2) is 34.3 Å². The van der Waals surface area contributed by atoms with Gasteiger partial charge in [-0.25, -0.2) is 0 Å². The van der Waals surface area contributed by atoms with E-state index in [-0.39, 0.29) is 4.90 Å². The number of carbonyl (C=O) groups excluding carboxylic acids is 1. The quantitative estimate of drug-likeness (QED) is 0.643. The molecule has 0 saturated carbocycles. The van der Waals surface area contributed by atoms with E-state index >= 15 is 0 Å². The number of halogens is 1. The maximum Gasteiger partial charge on any atom is 0.286 e. The second kappa shape index (κ2) is 8.12. The molecule has 1 aliphatic heterocycles. The van der Waals surface area contributed by atoms with E-state index in [1.165, 1.54) is 30.7 Å². The van der Waals surface area contributed by atoms with Gasteiger partial charge in [-0.3, -0.25) is 4.79 Å². The lowest BCUT2D eigenvalue weighted by molar-refractivity contribution is -0.127. The Morgan fingerprint density at radius 1 is 1.12 bits per heavy atom. The molecule has 0 bridgehead atoms. The highest BCUT2D eigenvalue weighted by atomic mass is 35.5. The molecule has 132 valence electrons. The van der Waals surface area contributed by atoms with E-state index in [4.69, 9.17) is 11.6 Å². The van der Waals surface area contributed by atoms with Gasteiger partial charge in [0.15, 0.2) is 0 Å². The van der Waals surface area contributed by atoms with Crippen LogP contribution in [0.1, 0.15) is 52.4 Å². The fourth-order valence-electron chi connectivity index (χ4n) is 2.74. The van der Waals surface area contributed by atoms with E-state index in [2.05, 4.69) is 12.0 Å². The fourth-order valence-corrected chi connectivity index (χ4v) is 4.14. The van der Waals surface area contributed by atoms with Crippen molar-refractivity contribution in [2.75, 3.05) is 0 Å². The van der Waals surface area contributed by atoms with Gasteiger partial charge in [0.1, 0.15) is 0 Å². The lowest BCUT2D eigenvalue weighted by Gasteiger charge is -2.14. The van der Waals surface area contributed by atoms with E-state index < -0.39 is 21.8 Å². The summed E-state index contributed by atoms with van der Waals surface area (Å²) in [5.74, 6) is -0.897. The number of hydrazone groups is 1. The van der Waals surface area contributed by atoms with Crippen molar-refractivity contribution in [1.82, 2.24) is 4.41 Å². The van der Waals surface area contributed by atoms with Gasteiger partial charge in [0.25, 0.3) is 15.9 Å². The van der Waals surface area contributed by atoms with Crippen molar-refractivity contribution in [3.8, 4) is 0 Å². The molecule has 0 unspecified atom stereocenters. The van der Waals surface area contributed by atoms with Crippen molar-refractivity contribution in [2.24, 2.45) is 11.0 Å². The molecule has 0 aliphatic carbocycles. The standard InChI is InChI=1S/C17H23ClN2O3S/c1-3-4-5-6-7-8-16-13(2)19-20(17(16)21)24(22,23)15-11-9-14(18)10-12-15/h9-12,16H,3-8H2,1-2H3/t16-/m1/s1. The van der Waals surface area contributed by atoms with Crippen molar-refractivity contribution in [3.05, 3.63) is 29.3 Å². The van der Waals surface area contributed by atoms with Gasteiger partial charge in [-0.2, -0.15) is 13.5 Å². The minimum atomic E-state index is -3.97. The Morgan fingerprint density at radius 3 is 2.38 bits per heavy atom. The zero-order chi connectivity index (χ0) is 17.7. The second-order valence-corrected chi connectivity index (χ2v) is 8.24. The van der Waals surface area contributed by atoms with E-state index in [1.54, 1.807) is 6.92 Å². The van der Waals surface area contributed by atoms with Gasteiger partial charge >= 0.3 is 0 Å². The topological polar surface area (TPSA) is 66.8 Å². The molecule has 1 atom stereocenters. The molecular weight excluding hydrogens is 348 g/mol. The summed E-state index contributed by atoms with van der Waals surface area (Å²) in [6.07, 6.45) is 6.08. The monoisotopic (exact) mass is 370 g/mol. The molecule has 2 rings (SSSR count). The summed E-state index contributed by atoms with van der Waals surface area (Å²) in [5.41, 5.74) is 0.563. The first kappa shape index (κ1) is 18.9. The van der Waals surface area contributed by atoms with Crippen molar-refractivity contribution in [1.29, 1.82) is 0 Å². The van der Waals surface area contributed by atoms with Gasteiger partial charge in [0.2, 0.25) is 0 Å². The zero-order valence-corrected chi connectivity index (χ0v) is 15.6. The summed E-state index contributed by atoms with van der Waals surface area (Å²) in [7, 11) is -3.97. The van der Waals surface area contributed by atoms with Crippen LogP contribution in [0.25, 0.3) is 0 Å². The van der Waals surface area contributed by atoms with Gasteiger partial charge in [-0.1, -0.05) is 50.6 Å². The highest BCUT2D eigenvalue weighted by Gasteiger charge is 2.40. The normalized spacial score (nSPS) is 18.1. The van der Waals surface area contributed by atoms with Crippen LogP contribution >= 0.6 is 11.6 Å². The van der Waals surface area contributed by atoms with Crippen LogP contribution in [0.5, 0.6) is 0 Å². The third-order valence-electron chi connectivity index (χ3n) is 4.18. The van der Waals surface area contributed by atoms with E-state index in [0.717, 1.165) is 25.7 Å². The molecule has 0 fully saturated rings. The maximum absolute atomic E-state index is 12.6. The predicted molar refractivity (Wildman–Crippen MR) is 95.5 cm³/mol. The molecule has 0 saturated heterocycles. The summed E-state index contributed by atoms with van der Waals surface area (Å²) in [5, 5.41) is 4.45. The van der Waals surface area contributed by atoms with Crippen LogP contribution in [0.4, 0.5) is 0 Å². The zero-order valence-electron chi connectivity index (χ0n) is 14.0. The first-order valence-corrected chi connectivity index (χ1v) is 10.1. The molecule has 0 N–H and O–H groups in total. The molecule has 0 aromatic heterocycles. The Morgan fingerprint density at radius 2 is 1.75 bits per heavy atom. The van der Waals surface area contributed by atoms with E-state index in [9.17, 15) is 13.2 Å². The van der Waals surface area contributed by atoms with Crippen LogP contribution in [0.3, 0.4) is 0 Å². The molecule has 1 heterocycles. The number of unbranched alkanes of at least 4 members (excludes halogenated alkanes) is 4. The third kappa shape index (κ3) is 4.16. The molecule has 1 aromatic rings. The number of carbonyl (C=O) groups is 1. The molecule has 1 amide bonds. The highest BCUT2D eigenvalue weighted by molar-refractivity contribution is 7.89. The lowest BCUT2D eigenvalue weighted by atomic mass is 9.97. The van der Waals surface area contributed by atoms with Crippen molar-refractivity contribution < 1.29 is 13.2 Å². The Balaban J connectivity index is 2.07. The number of rotatable bonds is 8. The number of sulfonamides is 1. The molecule has 0 spiro atoms. The average molecular weight is 371 g/mol. The van der Waals surface area contributed by atoms with E-state index in [0.29, 0.717) is 21.6 Å². The number of amides is 1. The summed E-state index contributed by atoms with van der Waals surface area (Å²) < 4.78 is 25.9. The fraction of sp³-hybridized carbons (Fsp3) is 0.529. The van der Waals surface area contributed by atoms with Crippen LogP contribution < -0.4 is 0 Å². The second-order valence-electron chi connectivity index (χ2n) is 6.04. The highest BCUT2D eigenvalue weighted by Crippen LogP contribution is 2.28. The van der Waals surface area contributed by atoms with Crippen LogP contribution in [0, 0.1) is 5.92 Å². The van der Waals surface area contributed by atoms with Gasteiger partial charge in [0.05, 0.1) is 10.8 Å². The van der Waals surface area contributed by atoms with Gasteiger partial charge in [0, 0.05) is 10.7 Å². The predicted octanol–water partition coefficient (Wildman–Crippen LogP) is 4.22. The number of hydrogen-bond donors (Lipinski definition) is 0. The summed E-state index contributed by atoms with van der Waals surface area (Å²) in [6, 6.07) is 5.73. The first-order valence-electron chi connectivity index (χ1n) is 8.27. The van der Waals surface area contributed by atoms with Gasteiger partial charge in [-0.15, -0.1) is 4.41 Å². The Labute approximate surface area is 148 Å². The SMILES string of the molecule is CCCCCCC[C@H]1C(=O)N(S(=O)(=O)c2ccc(Cl)cc2)N=C1C. The van der Waals surface area contributed by atoms with Gasteiger partial charge in [-0.05, 0) is 37.6 Å². The molecule has 1 aliphatic rings. The molecule has 0 radical (unpaired) electrons. The van der Waals surface area contributed by atoms with Gasteiger partial charge < -0.3 is 0 Å². The van der Waals surface area contributed by atoms with Crippen molar-refractivity contribution >= 4 is 33.2 Å². The van der Waals surface area contributed by atoms with Crippen LogP contribution in [0.2, 0.25) is 5.02 Å². The summed E-state index contributed by atoms with van der Waals surface area (Å²) in [4.78, 5) is 12.5. The number of nitrogens with zero attached hydrogens (tertiary/aromatic N) is 2. The average Bonchev–Trinajstić information content (AvgIpc) is 2.83. The molecule has 7 heteroatoms. The Kier molecular flexibility index (Phi) is 6.40.